The Morgan fingerprint density at radius 3 is 2.58 bits per heavy atom. The fourth-order valence-electron chi connectivity index (χ4n) is 5.80. The van der Waals surface area contributed by atoms with Crippen LogP contribution in [0.4, 0.5) is 5.69 Å². The van der Waals surface area contributed by atoms with Crippen LogP contribution in [0.5, 0.6) is 0 Å². The topological polar surface area (TPSA) is 108 Å². The van der Waals surface area contributed by atoms with Crippen LogP contribution in [0.1, 0.15) is 37.8 Å². The number of alkyl halides is 1. The number of nitrogens with one attached hydrogen (secondary N) is 2. The lowest BCUT2D eigenvalue weighted by Crippen LogP contribution is -2.56. The van der Waals surface area contributed by atoms with E-state index in [1.54, 1.807) is 6.92 Å². The van der Waals surface area contributed by atoms with E-state index in [0.29, 0.717) is 18.7 Å². The van der Waals surface area contributed by atoms with Gasteiger partial charge >= 0.3 is 0 Å². The number of aliphatic hydroxyl groups excluding tert-OH is 1. The lowest BCUT2D eigenvalue weighted by atomic mass is 9.70. The maximum atomic E-state index is 13.8. The minimum absolute atomic E-state index is 0.154. The molecular weight excluding hydrogens is 490 g/mol. The van der Waals surface area contributed by atoms with Gasteiger partial charge in [0.15, 0.2) is 0 Å². The molecule has 0 radical (unpaired) electrons. The largest absolute Gasteiger partial charge is 0.394 e. The Bertz CT molecular complexity index is 951. The molecule has 7 atom stereocenters. The van der Waals surface area contributed by atoms with Gasteiger partial charge in [-0.1, -0.05) is 41.1 Å². The average molecular weight is 522 g/mol. The summed E-state index contributed by atoms with van der Waals surface area (Å²) < 4.78 is 6.42. The van der Waals surface area contributed by atoms with E-state index in [1.165, 1.54) is 4.90 Å². The standard InChI is InChI=1S/C24H32BrN3O5/c1-5-9-26-21(30)16-17-23(32)28(14(4)11-29)20(24(17)10-15(25)19(16)33-24)22(31)27-18-12(2)7-6-8-13(18)3/h6-8,14-17,19-20,29H,5,9-11H2,1-4H3,(H,26,30)(H,27,31)/t14-,15?,16-,17+,19-,20?,24?/m1/s1. The second-order valence-electron chi connectivity index (χ2n) is 9.49. The van der Waals surface area contributed by atoms with Gasteiger partial charge in [-0.05, 0) is 44.7 Å². The van der Waals surface area contributed by atoms with Crippen molar-refractivity contribution in [2.45, 2.75) is 69.2 Å². The summed E-state index contributed by atoms with van der Waals surface area (Å²) in [4.78, 5) is 41.9. The summed E-state index contributed by atoms with van der Waals surface area (Å²) in [5, 5.41) is 15.8. The van der Waals surface area contributed by atoms with Crippen LogP contribution in [0, 0.1) is 25.7 Å². The van der Waals surface area contributed by atoms with Crippen LogP contribution in [-0.4, -0.2) is 69.5 Å². The molecule has 4 rings (SSSR count). The number of carbonyl (C=O) groups is 3. The van der Waals surface area contributed by atoms with Crippen molar-refractivity contribution in [1.82, 2.24) is 10.2 Å². The lowest BCUT2D eigenvalue weighted by molar-refractivity contribution is -0.143. The summed E-state index contributed by atoms with van der Waals surface area (Å²) in [6.45, 7) is 7.71. The Balaban J connectivity index is 1.75. The monoisotopic (exact) mass is 521 g/mol. The molecule has 1 spiro atoms. The zero-order valence-corrected chi connectivity index (χ0v) is 21.0. The van der Waals surface area contributed by atoms with Gasteiger partial charge in [-0.15, -0.1) is 0 Å². The molecule has 0 saturated carbocycles. The van der Waals surface area contributed by atoms with Crippen molar-refractivity contribution in [2.24, 2.45) is 11.8 Å². The van der Waals surface area contributed by atoms with Gasteiger partial charge < -0.3 is 25.4 Å². The number of ether oxygens (including phenoxy) is 1. The number of carbonyl (C=O) groups excluding carboxylic acids is 3. The maximum absolute atomic E-state index is 13.8. The van der Waals surface area contributed by atoms with Crippen LogP contribution >= 0.6 is 15.9 Å². The van der Waals surface area contributed by atoms with E-state index in [-0.39, 0.29) is 29.2 Å². The molecule has 0 aromatic heterocycles. The van der Waals surface area contributed by atoms with Crippen LogP contribution in [-0.2, 0) is 19.1 Å². The molecule has 1 aromatic rings. The highest BCUT2D eigenvalue weighted by Gasteiger charge is 2.76. The van der Waals surface area contributed by atoms with E-state index in [4.69, 9.17) is 4.74 Å². The Morgan fingerprint density at radius 1 is 1.30 bits per heavy atom. The number of benzene rings is 1. The summed E-state index contributed by atoms with van der Waals surface area (Å²) in [5.41, 5.74) is 1.39. The molecule has 3 heterocycles. The van der Waals surface area contributed by atoms with E-state index < -0.39 is 35.6 Å². The van der Waals surface area contributed by atoms with Crippen molar-refractivity contribution < 1.29 is 24.2 Å². The molecule has 180 valence electrons. The number of fused-ring (bicyclic) bond motifs is 1. The van der Waals surface area contributed by atoms with Crippen molar-refractivity contribution in [3.63, 3.8) is 0 Å². The van der Waals surface area contributed by atoms with Crippen LogP contribution in [0.2, 0.25) is 0 Å². The number of para-hydroxylation sites is 1. The van der Waals surface area contributed by atoms with Gasteiger partial charge in [-0.25, -0.2) is 0 Å². The number of rotatable bonds is 7. The van der Waals surface area contributed by atoms with Gasteiger partial charge in [0.1, 0.15) is 11.6 Å². The molecule has 3 saturated heterocycles. The highest BCUT2D eigenvalue weighted by atomic mass is 79.9. The van der Waals surface area contributed by atoms with Crippen LogP contribution in [0.25, 0.3) is 0 Å². The molecular formula is C24H32BrN3O5. The quantitative estimate of drug-likeness (QED) is 0.475. The van der Waals surface area contributed by atoms with E-state index in [2.05, 4.69) is 26.6 Å². The number of anilines is 1. The molecule has 2 bridgehead atoms. The normalized spacial score (nSPS) is 33.2. The molecule has 9 heteroatoms. The molecule has 3 amide bonds. The predicted molar refractivity (Wildman–Crippen MR) is 127 cm³/mol. The number of amides is 3. The second-order valence-corrected chi connectivity index (χ2v) is 10.7. The molecule has 8 nitrogen and oxygen atoms in total. The number of aryl methyl sites for hydroxylation is 2. The summed E-state index contributed by atoms with van der Waals surface area (Å²) in [7, 11) is 0. The molecule has 1 aromatic carbocycles. The van der Waals surface area contributed by atoms with Gasteiger partial charge in [-0.2, -0.15) is 0 Å². The number of likely N-dealkylation sites (tertiary alicyclic amines) is 1. The molecule has 3 aliphatic rings. The smallest absolute Gasteiger partial charge is 0.250 e. The second kappa shape index (κ2) is 9.00. The molecule has 3 fully saturated rings. The fourth-order valence-corrected chi connectivity index (χ4v) is 6.74. The molecule has 33 heavy (non-hydrogen) atoms. The molecule has 0 aliphatic carbocycles. The highest BCUT2D eigenvalue weighted by Crippen LogP contribution is 2.60. The van der Waals surface area contributed by atoms with Crippen LogP contribution in [0.15, 0.2) is 18.2 Å². The Hall–Kier alpha value is -1.97. The third-order valence-electron chi connectivity index (χ3n) is 7.30. The minimum Gasteiger partial charge on any atom is -0.394 e. The van der Waals surface area contributed by atoms with E-state index in [1.807, 2.05) is 39.0 Å². The number of hydrogen-bond donors (Lipinski definition) is 3. The first-order valence-corrected chi connectivity index (χ1v) is 12.5. The van der Waals surface area contributed by atoms with E-state index in [9.17, 15) is 19.5 Å². The van der Waals surface area contributed by atoms with Crippen molar-refractivity contribution in [3.05, 3.63) is 29.3 Å². The first-order chi connectivity index (χ1) is 15.7. The Morgan fingerprint density at radius 2 is 1.97 bits per heavy atom. The average Bonchev–Trinajstić information content (AvgIpc) is 3.37. The number of nitrogens with zero attached hydrogens (tertiary/aromatic N) is 1. The molecule has 3 unspecified atom stereocenters. The van der Waals surface area contributed by atoms with Gasteiger partial charge in [0.2, 0.25) is 17.7 Å². The summed E-state index contributed by atoms with van der Waals surface area (Å²) in [6, 6.07) is 4.20. The predicted octanol–water partition coefficient (Wildman–Crippen LogP) is 1.90. The highest BCUT2D eigenvalue weighted by molar-refractivity contribution is 9.09. The summed E-state index contributed by atoms with van der Waals surface area (Å²) in [5.74, 6) is -2.35. The molecule has 3 N–H and O–H groups in total. The van der Waals surface area contributed by atoms with E-state index in [0.717, 1.165) is 17.5 Å². The van der Waals surface area contributed by atoms with Crippen LogP contribution < -0.4 is 10.6 Å². The van der Waals surface area contributed by atoms with Crippen molar-refractivity contribution in [3.8, 4) is 0 Å². The molecule has 3 aliphatic heterocycles. The van der Waals surface area contributed by atoms with Gasteiger partial charge in [0.25, 0.3) is 0 Å². The van der Waals surface area contributed by atoms with Crippen molar-refractivity contribution in [2.75, 3.05) is 18.5 Å². The zero-order valence-electron chi connectivity index (χ0n) is 19.4. The third kappa shape index (κ3) is 3.68. The Labute approximate surface area is 202 Å². The maximum Gasteiger partial charge on any atom is 0.250 e. The SMILES string of the molecule is CCCNC(=O)[C@H]1[C@@H]2OC3(CC2Br)C(C(=O)Nc2c(C)cccc2C)N([C@H](C)CO)C(=O)[C@H]13. The summed E-state index contributed by atoms with van der Waals surface area (Å²) in [6.07, 6.45) is 0.725. The number of aliphatic hydroxyl groups is 1. The van der Waals surface area contributed by atoms with Crippen molar-refractivity contribution >= 4 is 39.3 Å². The fraction of sp³-hybridized carbons (Fsp3) is 0.625. The third-order valence-corrected chi connectivity index (χ3v) is 8.14. The van der Waals surface area contributed by atoms with Gasteiger partial charge in [0.05, 0.1) is 30.6 Å². The minimum atomic E-state index is -1.13. The summed E-state index contributed by atoms with van der Waals surface area (Å²) >= 11 is 3.65. The van der Waals surface area contributed by atoms with E-state index >= 15 is 0 Å². The first kappa shape index (κ1) is 24.2. The lowest BCUT2D eigenvalue weighted by Gasteiger charge is -2.36. The Kier molecular flexibility index (Phi) is 6.59. The van der Waals surface area contributed by atoms with Gasteiger partial charge in [0, 0.05) is 17.1 Å². The number of halogens is 1. The number of hydrogen-bond acceptors (Lipinski definition) is 5. The van der Waals surface area contributed by atoms with Crippen LogP contribution in [0.3, 0.4) is 0 Å². The zero-order chi connectivity index (χ0) is 24.1. The van der Waals surface area contributed by atoms with Crippen molar-refractivity contribution in [1.29, 1.82) is 0 Å². The first-order valence-electron chi connectivity index (χ1n) is 11.6. The van der Waals surface area contributed by atoms with Gasteiger partial charge in [-0.3, -0.25) is 14.4 Å².